The Morgan fingerprint density at radius 1 is 0.935 bits per heavy atom. The molecule has 1 aliphatic rings. The van der Waals surface area contributed by atoms with Gasteiger partial charge in [0.25, 0.3) is 0 Å². The predicted octanol–water partition coefficient (Wildman–Crippen LogP) is 6.77. The van der Waals surface area contributed by atoms with Crippen molar-refractivity contribution in [1.29, 1.82) is 5.26 Å². The predicted molar refractivity (Wildman–Crippen MR) is 120 cm³/mol. The van der Waals surface area contributed by atoms with Crippen molar-refractivity contribution in [3.05, 3.63) is 71.3 Å². The maximum absolute atomic E-state index is 13.0. The van der Waals surface area contributed by atoms with Crippen LogP contribution in [0.5, 0.6) is 0 Å². The first kappa shape index (κ1) is 24.9. The minimum atomic E-state index is -4.06. The molecular formula is C26H33F3N2. The lowest BCUT2D eigenvalue weighted by Crippen LogP contribution is -2.36. The van der Waals surface area contributed by atoms with Crippen LogP contribution in [0.1, 0.15) is 55.7 Å². The lowest BCUT2D eigenvalue weighted by molar-refractivity contribution is -0.200. The molecule has 2 unspecified atom stereocenters. The zero-order valence-corrected chi connectivity index (χ0v) is 18.5. The Bertz CT molecular complexity index is 794. The quantitative estimate of drug-likeness (QED) is 0.439. The molecule has 5 heteroatoms. The highest BCUT2D eigenvalue weighted by molar-refractivity contribution is 5.28. The van der Waals surface area contributed by atoms with Crippen LogP contribution >= 0.6 is 0 Å². The second-order valence-corrected chi connectivity index (χ2v) is 8.07. The maximum atomic E-state index is 13.0. The fraction of sp³-hybridized carbons (Fsp3) is 0.500. The van der Waals surface area contributed by atoms with Gasteiger partial charge in [0, 0.05) is 13.5 Å². The van der Waals surface area contributed by atoms with Gasteiger partial charge in [-0.05, 0) is 67.8 Å². The van der Waals surface area contributed by atoms with Crippen LogP contribution in [0, 0.1) is 17.2 Å². The van der Waals surface area contributed by atoms with Gasteiger partial charge < -0.3 is 4.90 Å². The summed E-state index contributed by atoms with van der Waals surface area (Å²) in [7, 11) is 0. The van der Waals surface area contributed by atoms with Crippen LogP contribution in [0.4, 0.5) is 13.2 Å². The van der Waals surface area contributed by atoms with Gasteiger partial charge in [-0.15, -0.1) is 0 Å². The molecular weight excluding hydrogens is 397 g/mol. The van der Waals surface area contributed by atoms with Crippen molar-refractivity contribution in [2.45, 2.75) is 58.0 Å². The first-order valence-corrected chi connectivity index (χ1v) is 11.1. The molecule has 1 fully saturated rings. The molecule has 2 atom stereocenters. The molecule has 0 spiro atoms. The third kappa shape index (κ3) is 8.03. The molecule has 0 heterocycles. The second-order valence-electron chi connectivity index (χ2n) is 8.07. The minimum absolute atomic E-state index is 0.270. The molecule has 2 aromatic rings. The Morgan fingerprint density at radius 2 is 1.55 bits per heavy atom. The van der Waals surface area contributed by atoms with E-state index in [0.717, 1.165) is 44.5 Å². The van der Waals surface area contributed by atoms with Gasteiger partial charge in [-0.3, -0.25) is 0 Å². The molecule has 2 aromatic carbocycles. The second kappa shape index (κ2) is 12.5. The van der Waals surface area contributed by atoms with E-state index in [4.69, 9.17) is 5.26 Å². The standard InChI is InChI=1S/C24H30F3N.C2H3N/c1-2-28(18-16-19-7-4-3-5-8-19)17-6-9-20-10-12-21(13-11-20)22-14-15-23(22)24(25,26)27;1-2-3/h3-5,7-8,10-13,22-23H,2,6,9,14-18H2,1H3;1H3. The molecule has 0 saturated heterocycles. The van der Waals surface area contributed by atoms with Crippen LogP contribution in [0.15, 0.2) is 54.6 Å². The Labute approximate surface area is 184 Å². The summed E-state index contributed by atoms with van der Waals surface area (Å²) < 4.78 is 38.9. The van der Waals surface area contributed by atoms with E-state index in [1.165, 1.54) is 18.1 Å². The van der Waals surface area contributed by atoms with Gasteiger partial charge in [0.2, 0.25) is 0 Å². The van der Waals surface area contributed by atoms with Gasteiger partial charge in [-0.25, -0.2) is 0 Å². The first-order valence-electron chi connectivity index (χ1n) is 11.1. The Morgan fingerprint density at radius 3 is 2.06 bits per heavy atom. The van der Waals surface area contributed by atoms with Crippen molar-refractivity contribution in [3.8, 4) is 6.07 Å². The molecule has 0 bridgehead atoms. The van der Waals surface area contributed by atoms with Crippen molar-refractivity contribution in [2.24, 2.45) is 5.92 Å². The number of rotatable bonds is 9. The minimum Gasteiger partial charge on any atom is -0.303 e. The molecule has 3 rings (SSSR count). The van der Waals surface area contributed by atoms with Gasteiger partial charge >= 0.3 is 6.18 Å². The maximum Gasteiger partial charge on any atom is 0.392 e. The molecule has 2 nitrogen and oxygen atoms in total. The van der Waals surface area contributed by atoms with Gasteiger partial charge in [0.05, 0.1) is 12.0 Å². The fourth-order valence-corrected chi connectivity index (χ4v) is 4.09. The fourth-order valence-electron chi connectivity index (χ4n) is 4.09. The average molecular weight is 431 g/mol. The zero-order chi connectivity index (χ0) is 22.7. The summed E-state index contributed by atoms with van der Waals surface area (Å²) in [6.07, 6.45) is -0.0513. The highest BCUT2D eigenvalue weighted by Gasteiger charge is 2.50. The number of alkyl halides is 3. The first-order chi connectivity index (χ1) is 14.9. The van der Waals surface area contributed by atoms with E-state index in [1.54, 1.807) is 6.07 Å². The number of likely N-dealkylation sites (N-methyl/N-ethyl adjacent to an activating group) is 1. The van der Waals surface area contributed by atoms with Crippen LogP contribution in [-0.2, 0) is 12.8 Å². The summed E-state index contributed by atoms with van der Waals surface area (Å²) in [4.78, 5) is 2.46. The highest BCUT2D eigenvalue weighted by Crippen LogP contribution is 2.50. The molecule has 168 valence electrons. The third-order valence-corrected chi connectivity index (χ3v) is 6.05. The van der Waals surface area contributed by atoms with E-state index >= 15 is 0 Å². The van der Waals surface area contributed by atoms with Crippen molar-refractivity contribution in [1.82, 2.24) is 4.90 Å². The number of benzene rings is 2. The number of nitriles is 1. The van der Waals surface area contributed by atoms with E-state index in [9.17, 15) is 13.2 Å². The van der Waals surface area contributed by atoms with Crippen LogP contribution in [-0.4, -0.2) is 30.7 Å². The van der Waals surface area contributed by atoms with E-state index in [2.05, 4.69) is 36.1 Å². The molecule has 0 amide bonds. The molecule has 0 N–H and O–H groups in total. The Hall–Kier alpha value is -2.32. The van der Waals surface area contributed by atoms with Gasteiger partial charge in [-0.1, -0.05) is 61.5 Å². The number of nitrogens with zero attached hydrogens (tertiary/aromatic N) is 2. The Balaban J connectivity index is 0.00000107. The molecule has 0 aliphatic heterocycles. The van der Waals surface area contributed by atoms with E-state index in [0.29, 0.717) is 6.42 Å². The largest absolute Gasteiger partial charge is 0.392 e. The van der Waals surface area contributed by atoms with Crippen LogP contribution in [0.25, 0.3) is 0 Å². The van der Waals surface area contributed by atoms with Crippen LogP contribution < -0.4 is 0 Å². The summed E-state index contributed by atoms with van der Waals surface area (Å²) in [6, 6.07) is 20.1. The smallest absolute Gasteiger partial charge is 0.303 e. The summed E-state index contributed by atoms with van der Waals surface area (Å²) >= 11 is 0. The summed E-state index contributed by atoms with van der Waals surface area (Å²) in [5, 5.41) is 7.32. The van der Waals surface area contributed by atoms with Crippen molar-refractivity contribution in [3.63, 3.8) is 0 Å². The number of hydrogen-bond donors (Lipinski definition) is 0. The van der Waals surface area contributed by atoms with Gasteiger partial charge in [0.15, 0.2) is 0 Å². The topological polar surface area (TPSA) is 27.0 Å². The van der Waals surface area contributed by atoms with Crippen LogP contribution in [0.2, 0.25) is 0 Å². The van der Waals surface area contributed by atoms with Crippen molar-refractivity contribution < 1.29 is 13.2 Å². The number of halogens is 3. The normalized spacial score (nSPS) is 18.0. The molecule has 1 aliphatic carbocycles. The third-order valence-electron chi connectivity index (χ3n) is 6.05. The van der Waals surface area contributed by atoms with E-state index in [1.807, 2.05) is 30.3 Å². The Kier molecular flexibility index (Phi) is 10.1. The lowest BCUT2D eigenvalue weighted by Gasteiger charge is -2.38. The summed E-state index contributed by atoms with van der Waals surface area (Å²) in [5.41, 5.74) is 3.42. The monoisotopic (exact) mass is 430 g/mol. The van der Waals surface area contributed by atoms with Crippen molar-refractivity contribution in [2.75, 3.05) is 19.6 Å². The average Bonchev–Trinajstić information content (AvgIpc) is 2.71. The van der Waals surface area contributed by atoms with Gasteiger partial charge in [-0.2, -0.15) is 18.4 Å². The summed E-state index contributed by atoms with van der Waals surface area (Å²) in [6.45, 7) is 6.76. The SMILES string of the molecule is CC#N.CCN(CCCc1ccc(C2CCC2C(F)(F)F)cc1)CCc1ccccc1. The van der Waals surface area contributed by atoms with Crippen molar-refractivity contribution >= 4 is 0 Å². The molecule has 1 saturated carbocycles. The lowest BCUT2D eigenvalue weighted by atomic mass is 9.69. The molecule has 31 heavy (non-hydrogen) atoms. The van der Waals surface area contributed by atoms with Crippen LogP contribution in [0.3, 0.4) is 0 Å². The molecule has 0 radical (unpaired) electrons. The zero-order valence-electron chi connectivity index (χ0n) is 18.5. The number of hydrogen-bond acceptors (Lipinski definition) is 2. The van der Waals surface area contributed by atoms with E-state index < -0.39 is 12.1 Å². The van der Waals surface area contributed by atoms with E-state index in [-0.39, 0.29) is 12.3 Å². The van der Waals surface area contributed by atoms with Gasteiger partial charge in [0.1, 0.15) is 0 Å². The molecule has 0 aromatic heterocycles. The highest BCUT2D eigenvalue weighted by atomic mass is 19.4. The number of aryl methyl sites for hydroxylation is 1. The summed E-state index contributed by atoms with van der Waals surface area (Å²) in [5.74, 6) is -1.50.